The molecule has 98 valence electrons. The maximum absolute atomic E-state index is 11.6. The van der Waals surface area contributed by atoms with Gasteiger partial charge in [0.05, 0.1) is 13.2 Å². The number of hydrogen-bond donors (Lipinski definition) is 1. The molecule has 0 radical (unpaired) electrons. The van der Waals surface area contributed by atoms with Crippen molar-refractivity contribution in [3.05, 3.63) is 0 Å². The molecule has 1 fully saturated rings. The smallest absolute Gasteiger partial charge is 0.323 e. The van der Waals surface area contributed by atoms with Crippen LogP contribution in [0.4, 0.5) is 0 Å². The topological polar surface area (TPSA) is 72.8 Å². The molecule has 0 saturated heterocycles. The standard InChI is InChI=1S/C12H20O5/c1-3-5-6-16-8-9-7-12(9,10(13)14)11(15)17-4-2/h9H,3-8H2,1-2H3,(H,13,14)/t9-,12-/m0/s1. The van der Waals surface area contributed by atoms with Gasteiger partial charge in [-0.3, -0.25) is 9.59 Å². The van der Waals surface area contributed by atoms with E-state index < -0.39 is 17.4 Å². The monoisotopic (exact) mass is 244 g/mol. The van der Waals surface area contributed by atoms with Crippen LogP contribution in [0.5, 0.6) is 0 Å². The molecular weight excluding hydrogens is 224 g/mol. The largest absolute Gasteiger partial charge is 0.480 e. The molecule has 17 heavy (non-hydrogen) atoms. The number of carboxylic acids is 1. The van der Waals surface area contributed by atoms with Gasteiger partial charge < -0.3 is 14.6 Å². The lowest BCUT2D eigenvalue weighted by Crippen LogP contribution is -2.30. The normalized spacial score (nSPS) is 26.6. The maximum Gasteiger partial charge on any atom is 0.323 e. The summed E-state index contributed by atoms with van der Waals surface area (Å²) in [6, 6.07) is 0. The van der Waals surface area contributed by atoms with Crippen molar-refractivity contribution in [2.24, 2.45) is 11.3 Å². The first-order chi connectivity index (χ1) is 8.09. The predicted octanol–water partition coefficient (Wildman–Crippen LogP) is 1.46. The SMILES string of the molecule is CCCCOC[C@@H]1C[C@]1(C(=O)O)C(=O)OCC. The van der Waals surface area contributed by atoms with Crippen molar-refractivity contribution in [3.63, 3.8) is 0 Å². The molecule has 0 amide bonds. The van der Waals surface area contributed by atoms with Gasteiger partial charge in [0.25, 0.3) is 0 Å². The number of hydrogen-bond acceptors (Lipinski definition) is 4. The van der Waals surface area contributed by atoms with Gasteiger partial charge in [0.15, 0.2) is 5.41 Å². The average molecular weight is 244 g/mol. The van der Waals surface area contributed by atoms with Gasteiger partial charge in [-0.05, 0) is 19.8 Å². The minimum atomic E-state index is -1.35. The number of carboxylic acid groups (broad SMARTS) is 1. The molecule has 0 aromatic heterocycles. The number of esters is 1. The second kappa shape index (κ2) is 6.00. The zero-order valence-corrected chi connectivity index (χ0v) is 10.4. The van der Waals surface area contributed by atoms with Crippen LogP contribution in [0.2, 0.25) is 0 Å². The van der Waals surface area contributed by atoms with Gasteiger partial charge in [0.1, 0.15) is 0 Å². The number of carbonyl (C=O) groups excluding carboxylic acids is 1. The van der Waals surface area contributed by atoms with Gasteiger partial charge >= 0.3 is 11.9 Å². The highest BCUT2D eigenvalue weighted by Gasteiger charge is 2.67. The van der Waals surface area contributed by atoms with Crippen molar-refractivity contribution in [1.29, 1.82) is 0 Å². The zero-order chi connectivity index (χ0) is 12.9. The van der Waals surface area contributed by atoms with Crippen LogP contribution in [-0.2, 0) is 19.1 Å². The molecule has 0 heterocycles. The highest BCUT2D eigenvalue weighted by molar-refractivity contribution is 6.03. The lowest BCUT2D eigenvalue weighted by molar-refractivity contribution is -0.162. The van der Waals surface area contributed by atoms with Crippen LogP contribution < -0.4 is 0 Å². The van der Waals surface area contributed by atoms with Crippen LogP contribution in [0.15, 0.2) is 0 Å². The van der Waals surface area contributed by atoms with E-state index in [0.717, 1.165) is 12.8 Å². The van der Waals surface area contributed by atoms with E-state index in [4.69, 9.17) is 14.6 Å². The molecule has 0 spiro atoms. The number of unbranched alkanes of at least 4 members (excludes halogenated alkanes) is 1. The molecule has 0 aromatic carbocycles. The van der Waals surface area contributed by atoms with E-state index in [1.54, 1.807) is 6.92 Å². The first-order valence-electron chi connectivity index (χ1n) is 6.07. The van der Waals surface area contributed by atoms with E-state index in [0.29, 0.717) is 19.6 Å². The van der Waals surface area contributed by atoms with Crippen LogP contribution in [0, 0.1) is 11.3 Å². The van der Waals surface area contributed by atoms with Gasteiger partial charge in [-0.25, -0.2) is 0 Å². The summed E-state index contributed by atoms with van der Waals surface area (Å²) >= 11 is 0. The summed E-state index contributed by atoms with van der Waals surface area (Å²) in [6.07, 6.45) is 2.31. The summed E-state index contributed by atoms with van der Waals surface area (Å²) in [4.78, 5) is 22.8. The Labute approximate surface area is 101 Å². The van der Waals surface area contributed by atoms with E-state index in [2.05, 4.69) is 6.92 Å². The third-order valence-corrected chi connectivity index (χ3v) is 3.09. The summed E-state index contributed by atoms with van der Waals surface area (Å²) in [7, 11) is 0. The highest BCUT2D eigenvalue weighted by Crippen LogP contribution is 2.53. The van der Waals surface area contributed by atoms with Crippen molar-refractivity contribution in [1.82, 2.24) is 0 Å². The quantitative estimate of drug-likeness (QED) is 0.397. The first kappa shape index (κ1) is 14.0. The third kappa shape index (κ3) is 2.97. The molecular formula is C12H20O5. The minimum absolute atomic E-state index is 0.206. The molecule has 0 aliphatic heterocycles. The Bertz CT molecular complexity index is 289. The molecule has 1 aliphatic rings. The van der Waals surface area contributed by atoms with Crippen LogP contribution >= 0.6 is 0 Å². The van der Waals surface area contributed by atoms with E-state index >= 15 is 0 Å². The Morgan fingerprint density at radius 2 is 2.12 bits per heavy atom. The number of rotatable bonds is 8. The van der Waals surface area contributed by atoms with Gasteiger partial charge in [0, 0.05) is 12.5 Å². The van der Waals surface area contributed by atoms with Gasteiger partial charge in [0.2, 0.25) is 0 Å². The first-order valence-corrected chi connectivity index (χ1v) is 6.07. The number of carbonyl (C=O) groups is 2. The molecule has 0 bridgehead atoms. The highest BCUT2D eigenvalue weighted by atomic mass is 16.5. The van der Waals surface area contributed by atoms with Crippen molar-refractivity contribution in [2.45, 2.75) is 33.1 Å². The molecule has 1 aliphatic carbocycles. The van der Waals surface area contributed by atoms with Crippen molar-refractivity contribution < 1.29 is 24.2 Å². The molecule has 1 N–H and O–H groups in total. The summed E-state index contributed by atoms with van der Waals surface area (Å²) in [6.45, 7) is 4.87. The van der Waals surface area contributed by atoms with Gasteiger partial charge in [-0.15, -0.1) is 0 Å². The fourth-order valence-electron chi connectivity index (χ4n) is 1.86. The Morgan fingerprint density at radius 3 is 2.65 bits per heavy atom. The van der Waals surface area contributed by atoms with Crippen molar-refractivity contribution >= 4 is 11.9 Å². The summed E-state index contributed by atoms with van der Waals surface area (Å²) < 4.78 is 10.2. The maximum atomic E-state index is 11.6. The molecule has 2 atom stereocenters. The number of aliphatic carboxylic acids is 1. The Morgan fingerprint density at radius 1 is 1.41 bits per heavy atom. The number of ether oxygens (including phenoxy) is 2. The van der Waals surface area contributed by atoms with E-state index in [1.807, 2.05) is 0 Å². The second-order valence-corrected chi connectivity index (χ2v) is 4.33. The minimum Gasteiger partial charge on any atom is -0.480 e. The van der Waals surface area contributed by atoms with Crippen LogP contribution in [0.25, 0.3) is 0 Å². The molecule has 0 unspecified atom stereocenters. The van der Waals surface area contributed by atoms with Crippen LogP contribution in [-0.4, -0.2) is 36.9 Å². The van der Waals surface area contributed by atoms with E-state index in [-0.39, 0.29) is 12.5 Å². The third-order valence-electron chi connectivity index (χ3n) is 3.09. The molecule has 5 heteroatoms. The van der Waals surface area contributed by atoms with Crippen LogP contribution in [0.1, 0.15) is 33.1 Å². The van der Waals surface area contributed by atoms with Crippen molar-refractivity contribution in [3.8, 4) is 0 Å². The second-order valence-electron chi connectivity index (χ2n) is 4.33. The fraction of sp³-hybridized carbons (Fsp3) is 0.833. The van der Waals surface area contributed by atoms with Gasteiger partial charge in [-0.2, -0.15) is 0 Å². The summed E-state index contributed by atoms with van der Waals surface area (Å²) in [5.74, 6) is -1.97. The molecule has 0 aromatic rings. The summed E-state index contributed by atoms with van der Waals surface area (Å²) in [5.41, 5.74) is -1.35. The van der Waals surface area contributed by atoms with Crippen LogP contribution in [0.3, 0.4) is 0 Å². The molecule has 1 rings (SSSR count). The summed E-state index contributed by atoms with van der Waals surface area (Å²) in [5, 5.41) is 9.12. The van der Waals surface area contributed by atoms with Gasteiger partial charge in [-0.1, -0.05) is 13.3 Å². The zero-order valence-electron chi connectivity index (χ0n) is 10.4. The van der Waals surface area contributed by atoms with E-state index in [9.17, 15) is 9.59 Å². The Balaban J connectivity index is 2.44. The van der Waals surface area contributed by atoms with E-state index in [1.165, 1.54) is 0 Å². The van der Waals surface area contributed by atoms with Crippen molar-refractivity contribution in [2.75, 3.05) is 19.8 Å². The fourth-order valence-corrected chi connectivity index (χ4v) is 1.86. The Kier molecular flexibility index (Phi) is 4.93. The molecule has 1 saturated carbocycles. The molecule has 5 nitrogen and oxygen atoms in total. The average Bonchev–Trinajstić information content (AvgIpc) is 3.01. The Hall–Kier alpha value is -1.10. The lowest BCUT2D eigenvalue weighted by atomic mass is 10.1. The lowest BCUT2D eigenvalue weighted by Gasteiger charge is -2.11. The predicted molar refractivity (Wildman–Crippen MR) is 60.5 cm³/mol.